The molecule has 0 aliphatic heterocycles. The Morgan fingerprint density at radius 2 is 0.300 bits per heavy atom. The van der Waals surface area contributed by atoms with Crippen molar-refractivity contribution in [3.63, 3.8) is 0 Å². The molecule has 0 amide bonds. The van der Waals surface area contributed by atoms with Crippen molar-refractivity contribution >= 4 is 0 Å². The van der Waals surface area contributed by atoms with E-state index in [0.717, 1.165) is 34.6 Å². The number of rotatable bonds is 45. The van der Waals surface area contributed by atoms with Crippen LogP contribution in [0.15, 0.2) is 0 Å². The van der Waals surface area contributed by atoms with E-state index in [2.05, 4.69) is 28.4 Å². The van der Waals surface area contributed by atoms with Crippen molar-refractivity contribution in [2.75, 3.05) is 152 Å². The minimum Gasteiger partial charge on any atom is -0.396 e. The topological polar surface area (TPSA) is 122 Å². The molecular weight excluding hydrogens is 1340 g/mol. The molecule has 42 heteroatoms. The molecule has 0 bridgehead atoms. The first kappa shape index (κ1) is 87.4. The third-order valence-electron chi connectivity index (χ3n) is 11.9. The van der Waals surface area contributed by atoms with Gasteiger partial charge in [-0.1, -0.05) is 48.5 Å². The second-order valence-electron chi connectivity index (χ2n) is 24.0. The number of hydrogen-bond donors (Lipinski definition) is 1. The van der Waals surface area contributed by atoms with Gasteiger partial charge in [0.1, 0.15) is 39.6 Å². The van der Waals surface area contributed by atoms with Crippen LogP contribution in [-0.4, -0.2) is 230 Å². The monoisotopic (exact) mass is 1410 g/mol. The number of aliphatic hydroxyl groups excluding tert-OH is 1. The summed E-state index contributed by atoms with van der Waals surface area (Å²) in [5.41, 5.74) is -11.7. The number of hydrogen-bond acceptors (Lipinski definition) is 12. The van der Waals surface area contributed by atoms with Crippen molar-refractivity contribution in [3.05, 3.63) is 0 Å². The Hall–Kier alpha value is -2.58. The van der Waals surface area contributed by atoms with Crippen LogP contribution < -0.4 is 0 Å². The molecule has 0 fully saturated rings. The molecule has 544 valence electrons. The second-order valence-corrected chi connectivity index (χ2v) is 24.0. The van der Waals surface area contributed by atoms with Gasteiger partial charge in [0, 0.05) is 33.9 Å². The Balaban J connectivity index is 0. The van der Waals surface area contributed by atoms with E-state index in [1.54, 1.807) is 0 Å². The van der Waals surface area contributed by atoms with Crippen molar-refractivity contribution in [3.8, 4) is 0 Å². The Morgan fingerprint density at radius 1 is 0.189 bits per heavy atom. The first-order valence-electron chi connectivity index (χ1n) is 25.5. The summed E-state index contributed by atoms with van der Waals surface area (Å²) in [5.74, 6) is -33.0. The van der Waals surface area contributed by atoms with E-state index in [1.807, 2.05) is 0 Å². The van der Waals surface area contributed by atoms with E-state index in [0.29, 0.717) is 0 Å². The molecule has 0 aromatic heterocycles. The van der Waals surface area contributed by atoms with Gasteiger partial charge in [0.25, 0.3) is 0 Å². The lowest BCUT2D eigenvalue weighted by Crippen LogP contribution is -2.45. The molecule has 0 rings (SSSR count). The molecule has 0 aromatic rings. The highest BCUT2D eigenvalue weighted by Gasteiger charge is 2.62. The summed E-state index contributed by atoms with van der Waals surface area (Å²) in [4.78, 5) is 0. The quantitative estimate of drug-likeness (QED) is 0.0584. The Kier molecular flexibility index (Phi) is 31.5. The lowest BCUT2D eigenvalue weighted by molar-refractivity contribution is -0.299. The van der Waals surface area contributed by atoms with E-state index < -0.39 is 257 Å². The summed E-state index contributed by atoms with van der Waals surface area (Å²) in [6.07, 6.45) is -37.1. The molecule has 90 heavy (non-hydrogen) atoms. The first-order valence-corrected chi connectivity index (χ1v) is 25.5. The molecule has 0 saturated heterocycles. The van der Waals surface area contributed by atoms with E-state index in [1.165, 1.54) is 13.8 Å². The van der Waals surface area contributed by atoms with Gasteiger partial charge in [-0.3, -0.25) is 0 Å². The lowest BCUT2D eigenvalue weighted by atomic mass is 9.91. The zero-order valence-corrected chi connectivity index (χ0v) is 48.5. The van der Waals surface area contributed by atoms with Crippen LogP contribution in [-0.2, 0) is 52.1 Å². The van der Waals surface area contributed by atoms with Crippen LogP contribution in [0.5, 0.6) is 0 Å². The van der Waals surface area contributed by atoms with E-state index in [-0.39, 0.29) is 1.43 Å². The summed E-state index contributed by atoms with van der Waals surface area (Å²) in [7, 11) is 0. The van der Waals surface area contributed by atoms with Crippen LogP contribution in [0, 0.1) is 32.5 Å². The fraction of sp³-hybridized carbons (Fsp3) is 1.00. The molecule has 0 saturated carbocycles. The molecule has 12 nitrogen and oxygen atoms in total. The second kappa shape index (κ2) is 32.4. The molecule has 0 heterocycles. The number of ether oxygens (including phenoxy) is 11. The van der Waals surface area contributed by atoms with Gasteiger partial charge in [-0.15, -0.1) is 0 Å². The predicted octanol–water partition coefficient (Wildman–Crippen LogP) is 13.7. The maximum Gasteiger partial charge on any atom is 0.455 e. The third-order valence-corrected chi connectivity index (χ3v) is 11.9. The van der Waals surface area contributed by atoms with Gasteiger partial charge in [-0.05, 0) is 0 Å². The van der Waals surface area contributed by atoms with Gasteiger partial charge < -0.3 is 57.2 Å². The average Bonchev–Trinajstić information content (AvgIpc) is 0.963. The van der Waals surface area contributed by atoms with Crippen LogP contribution in [0.25, 0.3) is 0 Å². The van der Waals surface area contributed by atoms with Crippen molar-refractivity contribution in [1.29, 1.82) is 0 Å². The van der Waals surface area contributed by atoms with Crippen LogP contribution in [0.3, 0.4) is 0 Å². The maximum atomic E-state index is 14.0. The molecule has 5 atom stereocenters. The van der Waals surface area contributed by atoms with Crippen LogP contribution in [0.4, 0.5) is 132 Å². The van der Waals surface area contributed by atoms with Gasteiger partial charge in [0.2, 0.25) is 0 Å². The van der Waals surface area contributed by atoms with Crippen LogP contribution in [0.1, 0.15) is 49.9 Å². The van der Waals surface area contributed by atoms with Gasteiger partial charge in [-0.25, -0.2) is 0 Å². The highest BCUT2D eigenvalue weighted by Crippen LogP contribution is 2.42. The first-order chi connectivity index (χ1) is 39.8. The normalized spacial score (nSPS) is 18.1. The third kappa shape index (κ3) is 30.0. The van der Waals surface area contributed by atoms with Crippen LogP contribution in [0.2, 0.25) is 0 Å². The van der Waals surface area contributed by atoms with Crippen molar-refractivity contribution in [1.82, 2.24) is 0 Å². The van der Waals surface area contributed by atoms with Gasteiger partial charge in [0.05, 0.1) is 112 Å². The average molecular weight is 1410 g/mol. The minimum absolute atomic E-state index is 0. The SMILES string of the molecule is CC(C)(COCC(C)(COCC(C)(COCC(C)(COCC(C)(COCC(C)(CO)COCC(F)(F)C(F)(F)F)COCC(F)(F)C(F)(F)F)COCC(F)(F)C(F)(F)F)COCC(F)(F)C(F)(F)F)COCC(F)(F)C(F)(F)F)COCC(F)(F)C(F)(F)F.[HH]. The summed E-state index contributed by atoms with van der Waals surface area (Å²) in [6.45, 7) is -24.9. The van der Waals surface area contributed by atoms with E-state index in [9.17, 15) is 137 Å². The van der Waals surface area contributed by atoms with Gasteiger partial charge in [0.15, 0.2) is 0 Å². The molecular formula is C48H70F30O12. The fourth-order valence-electron chi connectivity index (χ4n) is 6.50. The highest BCUT2D eigenvalue weighted by molar-refractivity contribution is 4.86. The maximum absolute atomic E-state index is 14.0. The standard InChI is InChI=1S/C48H68F30O12.H2/c1-31(2,10-81-25-37(49,50)43(61,62)63)9-80-13-33(4,21-87-27-39(53,54)45(67,68)69)15-83-17-35(6,23-89-29-41(57,58)47(73,74)75)19-85-20-36(7,24-90-30-42(59,60)48(76,77)78)18-84-16-34(5,22-88-28-40(55,56)46(70,71)72)14-82-11-32(3,8-79)12-86-26-38(51,52)44(64,65)66;/h79H,8-30H2,1-7H3;1H. The molecule has 5 unspecified atom stereocenters. The lowest BCUT2D eigenvalue weighted by Gasteiger charge is -2.36. The fourth-order valence-corrected chi connectivity index (χ4v) is 6.50. The molecule has 0 aliphatic carbocycles. The number of alkyl halides is 30. The summed E-state index contributed by atoms with van der Waals surface area (Å²) >= 11 is 0. The van der Waals surface area contributed by atoms with E-state index >= 15 is 0 Å². The van der Waals surface area contributed by atoms with Crippen molar-refractivity contribution < 1.29 is 190 Å². The molecule has 0 spiro atoms. The smallest absolute Gasteiger partial charge is 0.396 e. The zero-order chi connectivity index (χ0) is 71.0. The Morgan fingerprint density at radius 3 is 0.433 bits per heavy atom. The number of halogens is 30. The minimum atomic E-state index is -6.27. The molecule has 0 aliphatic rings. The summed E-state index contributed by atoms with van der Waals surface area (Å²) in [6, 6.07) is 0. The van der Waals surface area contributed by atoms with Crippen LogP contribution >= 0.6 is 0 Å². The summed E-state index contributed by atoms with van der Waals surface area (Å²) < 4.78 is 452. The highest BCUT2D eigenvalue weighted by atomic mass is 19.5. The summed E-state index contributed by atoms with van der Waals surface area (Å²) in [5, 5.41) is 9.86. The Bertz CT molecular complexity index is 2080. The molecule has 0 aromatic carbocycles. The van der Waals surface area contributed by atoms with E-state index in [4.69, 9.17) is 23.7 Å². The molecule has 0 radical (unpaired) electrons. The van der Waals surface area contributed by atoms with Crippen molar-refractivity contribution in [2.45, 2.75) is 121 Å². The zero-order valence-electron chi connectivity index (χ0n) is 48.5. The largest absolute Gasteiger partial charge is 0.455 e. The van der Waals surface area contributed by atoms with Crippen molar-refractivity contribution in [2.24, 2.45) is 32.5 Å². The molecule has 1 N–H and O–H groups in total. The number of aliphatic hydroxyl groups is 1. The van der Waals surface area contributed by atoms with Gasteiger partial charge in [-0.2, -0.15) is 132 Å². The van der Waals surface area contributed by atoms with Gasteiger partial charge >= 0.3 is 72.6 Å². The Labute approximate surface area is 495 Å². The predicted molar refractivity (Wildman–Crippen MR) is 249 cm³/mol.